The zero-order valence-corrected chi connectivity index (χ0v) is 42.9. The molecular formula is C52H58ClF2N7O6S3. The van der Waals surface area contributed by atoms with E-state index in [9.17, 15) is 27.1 Å². The van der Waals surface area contributed by atoms with Gasteiger partial charge in [0.05, 0.1) is 33.5 Å². The van der Waals surface area contributed by atoms with Crippen molar-refractivity contribution in [2.45, 2.75) is 55.0 Å². The van der Waals surface area contributed by atoms with Crippen LogP contribution in [-0.4, -0.2) is 107 Å². The van der Waals surface area contributed by atoms with E-state index in [1.165, 1.54) is 17.0 Å². The normalized spacial score (nSPS) is 15.7. The number of benzene rings is 5. The lowest BCUT2D eigenvalue weighted by molar-refractivity contribution is 0.0817. The molecule has 0 radical (unpaired) electrons. The molecule has 6 aromatic rings. The molecule has 376 valence electrons. The molecule has 0 saturated carbocycles. The van der Waals surface area contributed by atoms with Crippen molar-refractivity contribution in [1.29, 1.82) is 0 Å². The van der Waals surface area contributed by atoms with Crippen LogP contribution in [0.2, 0.25) is 5.02 Å². The number of thioether (sulfide) groups is 1. The van der Waals surface area contributed by atoms with Crippen LogP contribution < -0.4 is 25.2 Å². The fourth-order valence-electron chi connectivity index (χ4n) is 9.24. The van der Waals surface area contributed by atoms with Crippen molar-refractivity contribution >= 4 is 73.1 Å². The molecule has 0 bridgehead atoms. The summed E-state index contributed by atoms with van der Waals surface area (Å²) in [6.07, 6.45) is 2.23. The van der Waals surface area contributed by atoms with Crippen LogP contribution in [0.4, 0.5) is 31.5 Å². The van der Waals surface area contributed by atoms with Gasteiger partial charge in [-0.1, -0.05) is 41.9 Å². The quantitative estimate of drug-likeness (QED) is 0.0413. The van der Waals surface area contributed by atoms with Crippen molar-refractivity contribution in [2.24, 2.45) is 7.05 Å². The average molecular weight is 1050 g/mol. The Morgan fingerprint density at radius 2 is 1.55 bits per heavy atom. The molecule has 2 fully saturated rings. The lowest BCUT2D eigenvalue weighted by atomic mass is 9.94. The van der Waals surface area contributed by atoms with Crippen LogP contribution in [0.5, 0.6) is 0 Å². The molecule has 3 heterocycles. The van der Waals surface area contributed by atoms with E-state index in [2.05, 4.69) is 37.3 Å². The Kier molecular flexibility index (Phi) is 16.8. The predicted molar refractivity (Wildman–Crippen MR) is 283 cm³/mol. The standard InChI is InChI=1S/C52H58ClF2N7O6S3/c1-34-31-43(17-19-45(34)57-39(32-69-42-7-5-4-6-8-42)21-24-60-25-22-41(63)23-26-60)71(67,68)58-38-13-15-40(16-14-38)61-27-29-62(30-28-61)46-20-18-44(54)48(50(46)55)49-47(52(64)56-33-70(65)66)35(2)59(3)51(49)36-9-11-37(53)12-10-36/h4-20,31,39,41,57-58,63H,21-30,32-33H2,1-3H3,(H,56,64)(H,65,66)/t39-/m1/s1. The van der Waals surface area contributed by atoms with Gasteiger partial charge >= 0.3 is 0 Å². The Balaban J connectivity index is 0.932. The Bertz CT molecular complexity index is 2970. The maximum absolute atomic E-state index is 17.0. The third kappa shape index (κ3) is 12.4. The van der Waals surface area contributed by atoms with Gasteiger partial charge in [0.1, 0.15) is 11.7 Å². The zero-order valence-electron chi connectivity index (χ0n) is 39.7. The van der Waals surface area contributed by atoms with Crippen molar-refractivity contribution in [2.75, 3.05) is 77.3 Å². The number of carbonyl (C=O) groups is 1. The average Bonchev–Trinajstić information content (AvgIpc) is 3.61. The maximum Gasteiger partial charge on any atom is 0.261 e. The molecule has 2 aliphatic heterocycles. The van der Waals surface area contributed by atoms with E-state index in [4.69, 9.17) is 11.6 Å². The Morgan fingerprint density at radius 3 is 2.21 bits per heavy atom. The summed E-state index contributed by atoms with van der Waals surface area (Å²) in [6, 6.07) is 31.8. The number of hydrogen-bond donors (Lipinski definition) is 5. The number of nitrogens with one attached hydrogen (secondary N) is 3. The smallest absolute Gasteiger partial charge is 0.261 e. The summed E-state index contributed by atoms with van der Waals surface area (Å²) in [5.41, 5.74) is 3.92. The number of likely N-dealkylation sites (tertiary alicyclic amines) is 1. The number of hydrogen-bond acceptors (Lipinski definition) is 10. The van der Waals surface area contributed by atoms with E-state index in [1.807, 2.05) is 48.2 Å². The van der Waals surface area contributed by atoms with Crippen LogP contribution >= 0.6 is 23.4 Å². The molecule has 8 rings (SSSR count). The number of aromatic nitrogens is 1. The first kappa shape index (κ1) is 51.9. The predicted octanol–water partition coefficient (Wildman–Crippen LogP) is 9.36. The minimum atomic E-state index is -3.94. The van der Waals surface area contributed by atoms with Gasteiger partial charge in [-0.2, -0.15) is 0 Å². The second kappa shape index (κ2) is 22.9. The SMILES string of the molecule is Cc1cc(S(=O)(=O)Nc2ccc(N3CCN(c4ccc(F)c(-c5c(C(=O)NCS(=O)O)c(C)n(C)c5-c5ccc(Cl)cc5)c4F)CC3)cc2)ccc1N[C@H](CCN1CCC(O)CC1)CSc1ccccc1. The topological polar surface area (TPSA) is 159 Å². The third-order valence-electron chi connectivity index (χ3n) is 13.2. The highest BCUT2D eigenvalue weighted by Crippen LogP contribution is 2.43. The summed E-state index contributed by atoms with van der Waals surface area (Å²) >= 11 is 5.61. The molecule has 2 aliphatic rings. The molecule has 5 N–H and O–H groups in total. The van der Waals surface area contributed by atoms with Gasteiger partial charge in [-0.25, -0.2) is 21.4 Å². The van der Waals surface area contributed by atoms with Gasteiger partial charge in [0.15, 0.2) is 16.9 Å². The number of rotatable bonds is 18. The van der Waals surface area contributed by atoms with E-state index in [0.717, 1.165) is 61.6 Å². The fraction of sp³-hybridized carbons (Fsp3) is 0.327. The Labute approximate surface area is 425 Å². The number of piperidine rings is 1. The molecule has 1 aromatic heterocycles. The fourth-order valence-corrected chi connectivity index (χ4v) is 11.8. The van der Waals surface area contributed by atoms with Crippen molar-refractivity contribution in [1.82, 2.24) is 14.8 Å². The second-order valence-corrected chi connectivity index (χ2v) is 22.1. The van der Waals surface area contributed by atoms with Gasteiger partial charge in [0.25, 0.3) is 15.9 Å². The van der Waals surface area contributed by atoms with Gasteiger partial charge in [0.2, 0.25) is 0 Å². The third-order valence-corrected chi connectivity index (χ3v) is 16.4. The number of halogens is 3. The van der Waals surface area contributed by atoms with Crippen molar-refractivity contribution in [3.05, 3.63) is 143 Å². The van der Waals surface area contributed by atoms with Crippen LogP contribution in [0.3, 0.4) is 0 Å². The number of aliphatic hydroxyl groups excluding tert-OH is 1. The first-order valence-corrected chi connectivity index (χ1v) is 27.6. The highest BCUT2D eigenvalue weighted by Gasteiger charge is 2.32. The molecule has 0 aliphatic carbocycles. The molecule has 1 amide bonds. The maximum atomic E-state index is 17.0. The number of anilines is 4. The molecule has 19 heteroatoms. The molecule has 13 nitrogen and oxygen atoms in total. The van der Waals surface area contributed by atoms with Crippen LogP contribution in [0.15, 0.2) is 119 Å². The van der Waals surface area contributed by atoms with E-state index < -0.39 is 50.1 Å². The molecule has 1 unspecified atom stereocenters. The monoisotopic (exact) mass is 1050 g/mol. The van der Waals surface area contributed by atoms with E-state index in [1.54, 1.807) is 78.8 Å². The summed E-state index contributed by atoms with van der Waals surface area (Å²) in [4.78, 5) is 21.3. The Morgan fingerprint density at radius 1 is 0.873 bits per heavy atom. The molecule has 2 atom stereocenters. The summed E-state index contributed by atoms with van der Waals surface area (Å²) in [7, 11) is -2.26. The van der Waals surface area contributed by atoms with Gasteiger partial charge in [-0.3, -0.25) is 9.52 Å². The van der Waals surface area contributed by atoms with E-state index >= 15 is 8.78 Å². The Hall–Kier alpha value is -5.47. The lowest BCUT2D eigenvalue weighted by Gasteiger charge is -2.37. The van der Waals surface area contributed by atoms with Crippen LogP contribution in [-0.2, 0) is 28.2 Å². The van der Waals surface area contributed by atoms with E-state index in [0.29, 0.717) is 53.8 Å². The number of amides is 1. The first-order chi connectivity index (χ1) is 34.1. The van der Waals surface area contributed by atoms with Crippen molar-refractivity contribution in [3.63, 3.8) is 0 Å². The summed E-state index contributed by atoms with van der Waals surface area (Å²) in [5.74, 6) is -2.25. The van der Waals surface area contributed by atoms with E-state index in [-0.39, 0.29) is 33.9 Å². The van der Waals surface area contributed by atoms with Crippen LogP contribution in [0.25, 0.3) is 22.4 Å². The molecule has 71 heavy (non-hydrogen) atoms. The minimum Gasteiger partial charge on any atom is -0.393 e. The van der Waals surface area contributed by atoms with Gasteiger partial charge in [-0.05, 0) is 123 Å². The highest BCUT2D eigenvalue weighted by atomic mass is 35.5. The number of aryl methyl sites for hydroxylation is 1. The molecule has 5 aromatic carbocycles. The number of sulfonamides is 1. The summed E-state index contributed by atoms with van der Waals surface area (Å²) < 4.78 is 85.9. The number of piperazine rings is 1. The van der Waals surface area contributed by atoms with Gasteiger partial charge in [-0.15, -0.1) is 11.8 Å². The van der Waals surface area contributed by atoms with Gasteiger partial charge in [0, 0.05) is 103 Å². The number of nitrogens with zero attached hydrogens (tertiary/aromatic N) is 4. The second-order valence-electron chi connectivity index (χ2n) is 17.9. The minimum absolute atomic E-state index is 0.00387. The first-order valence-electron chi connectivity index (χ1n) is 23.4. The largest absolute Gasteiger partial charge is 0.393 e. The number of aliphatic hydroxyl groups is 1. The zero-order chi connectivity index (χ0) is 50.4. The van der Waals surface area contributed by atoms with Gasteiger partial charge < -0.3 is 39.6 Å². The molecule has 2 saturated heterocycles. The highest BCUT2D eigenvalue weighted by molar-refractivity contribution is 7.99. The summed E-state index contributed by atoms with van der Waals surface area (Å²) in [5, 5.41) is 16.5. The van der Waals surface area contributed by atoms with Crippen molar-refractivity contribution in [3.8, 4) is 22.4 Å². The molecule has 0 spiro atoms. The summed E-state index contributed by atoms with van der Waals surface area (Å²) in [6.45, 7) is 7.86. The van der Waals surface area contributed by atoms with Crippen LogP contribution in [0, 0.1) is 25.5 Å². The van der Waals surface area contributed by atoms with Crippen LogP contribution in [0.1, 0.15) is 40.9 Å². The molecular weight excluding hydrogens is 988 g/mol. The van der Waals surface area contributed by atoms with Crippen molar-refractivity contribution < 1.29 is 35.9 Å². The number of carbonyl (C=O) groups excluding carboxylic acids is 1. The lowest BCUT2D eigenvalue weighted by Crippen LogP contribution is -2.46.